The van der Waals surface area contributed by atoms with E-state index in [1.807, 2.05) is 12.1 Å². The normalized spacial score (nSPS) is 21.4. The Labute approximate surface area is 96.5 Å². The summed E-state index contributed by atoms with van der Waals surface area (Å²) in [5.74, 6) is 1.05. The van der Waals surface area contributed by atoms with Crippen molar-refractivity contribution in [2.75, 3.05) is 6.54 Å². The highest BCUT2D eigenvalue weighted by Crippen LogP contribution is 2.14. The van der Waals surface area contributed by atoms with Gasteiger partial charge in [-0.25, -0.2) is 0 Å². The fraction of sp³-hybridized carbons (Fsp3) is 0.500. The van der Waals surface area contributed by atoms with Crippen molar-refractivity contribution in [1.29, 1.82) is 0 Å². The molecule has 1 aliphatic heterocycles. The zero-order valence-corrected chi connectivity index (χ0v) is 9.84. The number of halogens is 1. The molecule has 1 aliphatic rings. The van der Waals surface area contributed by atoms with Crippen LogP contribution in [0.4, 0.5) is 0 Å². The van der Waals surface area contributed by atoms with Gasteiger partial charge >= 0.3 is 0 Å². The van der Waals surface area contributed by atoms with Crippen LogP contribution in [0.2, 0.25) is 0 Å². The Morgan fingerprint density at radius 2 is 2.47 bits per heavy atom. The van der Waals surface area contributed by atoms with Gasteiger partial charge < -0.3 is 15.1 Å². The van der Waals surface area contributed by atoms with E-state index in [-0.39, 0.29) is 5.91 Å². The van der Waals surface area contributed by atoms with Crippen molar-refractivity contribution in [3.63, 3.8) is 0 Å². The van der Waals surface area contributed by atoms with E-state index >= 15 is 0 Å². The van der Waals surface area contributed by atoms with E-state index in [1.165, 1.54) is 0 Å². The highest BCUT2D eigenvalue weighted by molar-refractivity contribution is 9.10. The molecule has 1 fully saturated rings. The topological polar surface area (TPSA) is 54.3 Å². The maximum atomic E-state index is 10.9. The van der Waals surface area contributed by atoms with Crippen molar-refractivity contribution >= 4 is 21.8 Å². The van der Waals surface area contributed by atoms with Gasteiger partial charge in [-0.05, 0) is 34.5 Å². The van der Waals surface area contributed by atoms with Crippen LogP contribution >= 0.6 is 15.9 Å². The average molecular weight is 273 g/mol. The van der Waals surface area contributed by atoms with Gasteiger partial charge in [0.2, 0.25) is 5.91 Å². The van der Waals surface area contributed by atoms with Gasteiger partial charge in [0.15, 0.2) is 4.67 Å². The van der Waals surface area contributed by atoms with Crippen LogP contribution < -0.4 is 10.6 Å². The number of rotatable bonds is 3. The molecular formula is C10H13BrN2O2. The van der Waals surface area contributed by atoms with Crippen molar-refractivity contribution < 1.29 is 9.21 Å². The number of carbonyl (C=O) groups excluding carboxylic acids is 1. The lowest BCUT2D eigenvalue weighted by Crippen LogP contribution is -2.45. The first-order chi connectivity index (χ1) is 7.24. The van der Waals surface area contributed by atoms with E-state index in [4.69, 9.17) is 4.42 Å². The summed E-state index contributed by atoms with van der Waals surface area (Å²) in [5, 5.41) is 6.17. The molecular weight excluding hydrogens is 260 g/mol. The van der Waals surface area contributed by atoms with Gasteiger partial charge in [-0.2, -0.15) is 0 Å². The summed E-state index contributed by atoms with van der Waals surface area (Å²) in [6, 6.07) is 4.16. The fourth-order valence-corrected chi connectivity index (χ4v) is 1.94. The summed E-state index contributed by atoms with van der Waals surface area (Å²) < 4.78 is 6.11. The molecule has 0 bridgehead atoms. The third kappa shape index (κ3) is 3.07. The number of hydrogen-bond acceptors (Lipinski definition) is 3. The van der Waals surface area contributed by atoms with E-state index in [1.54, 1.807) is 0 Å². The van der Waals surface area contributed by atoms with Gasteiger partial charge in [0, 0.05) is 19.0 Å². The first kappa shape index (κ1) is 10.7. The van der Waals surface area contributed by atoms with E-state index in [0.717, 1.165) is 16.9 Å². The van der Waals surface area contributed by atoms with Gasteiger partial charge in [-0.3, -0.25) is 4.79 Å². The second-order valence-corrected chi connectivity index (χ2v) is 4.41. The zero-order chi connectivity index (χ0) is 10.7. The Balaban J connectivity index is 1.76. The maximum Gasteiger partial charge on any atom is 0.220 e. The van der Waals surface area contributed by atoms with Crippen LogP contribution in [0.3, 0.4) is 0 Å². The molecule has 5 heteroatoms. The van der Waals surface area contributed by atoms with Crippen molar-refractivity contribution in [1.82, 2.24) is 10.6 Å². The van der Waals surface area contributed by atoms with Gasteiger partial charge in [0.25, 0.3) is 0 Å². The first-order valence-electron chi connectivity index (χ1n) is 4.98. The summed E-state index contributed by atoms with van der Waals surface area (Å²) in [4.78, 5) is 10.9. The minimum atomic E-state index is 0.147. The predicted octanol–water partition coefficient (Wildman–Crippen LogP) is 1.41. The molecule has 1 amide bonds. The number of nitrogens with one attached hydrogen (secondary N) is 2. The predicted molar refractivity (Wildman–Crippen MR) is 59.3 cm³/mol. The Bertz CT molecular complexity index is 341. The van der Waals surface area contributed by atoms with E-state index in [2.05, 4.69) is 26.6 Å². The van der Waals surface area contributed by atoms with E-state index < -0.39 is 0 Å². The van der Waals surface area contributed by atoms with E-state index in [9.17, 15) is 4.79 Å². The smallest absolute Gasteiger partial charge is 0.220 e. The van der Waals surface area contributed by atoms with Gasteiger partial charge in [-0.15, -0.1) is 0 Å². The maximum absolute atomic E-state index is 10.9. The number of piperidine rings is 1. The van der Waals surface area contributed by atoms with Crippen molar-refractivity contribution in [3.8, 4) is 0 Å². The molecule has 2 heterocycles. The molecule has 0 saturated carbocycles. The summed E-state index contributed by atoms with van der Waals surface area (Å²) in [7, 11) is 0. The van der Waals surface area contributed by atoms with Crippen LogP contribution in [-0.4, -0.2) is 18.5 Å². The van der Waals surface area contributed by atoms with E-state index in [0.29, 0.717) is 25.6 Å². The van der Waals surface area contributed by atoms with Crippen LogP contribution in [0.25, 0.3) is 0 Å². The number of hydrogen-bond donors (Lipinski definition) is 2. The Morgan fingerprint density at radius 3 is 3.07 bits per heavy atom. The van der Waals surface area contributed by atoms with Crippen LogP contribution in [-0.2, 0) is 11.3 Å². The molecule has 2 N–H and O–H groups in total. The standard InChI is InChI=1S/C10H13BrN2O2/c11-9-3-2-8(15-9)6-12-7-1-4-10(14)13-5-7/h2-3,7,12H,1,4-6H2,(H,13,14). The summed E-state index contributed by atoms with van der Waals surface area (Å²) in [6.45, 7) is 1.41. The Hall–Kier alpha value is -0.810. The van der Waals surface area contributed by atoms with Crippen molar-refractivity contribution in [3.05, 3.63) is 22.6 Å². The zero-order valence-electron chi connectivity index (χ0n) is 8.25. The lowest BCUT2D eigenvalue weighted by molar-refractivity contribution is -0.122. The summed E-state index contributed by atoms with van der Waals surface area (Å²) in [6.07, 6.45) is 1.51. The van der Waals surface area contributed by atoms with Crippen LogP contribution in [0.15, 0.2) is 21.2 Å². The lowest BCUT2D eigenvalue weighted by atomic mass is 10.1. The average Bonchev–Trinajstić information content (AvgIpc) is 2.64. The second-order valence-electron chi connectivity index (χ2n) is 3.63. The lowest BCUT2D eigenvalue weighted by Gasteiger charge is -2.22. The monoisotopic (exact) mass is 272 g/mol. The van der Waals surface area contributed by atoms with Crippen LogP contribution in [0.5, 0.6) is 0 Å². The highest BCUT2D eigenvalue weighted by atomic mass is 79.9. The molecule has 1 aromatic heterocycles. The van der Waals surface area contributed by atoms with Gasteiger partial charge in [0.05, 0.1) is 6.54 Å². The molecule has 0 aromatic carbocycles. The molecule has 4 nitrogen and oxygen atoms in total. The molecule has 2 rings (SSSR count). The minimum absolute atomic E-state index is 0.147. The highest BCUT2D eigenvalue weighted by Gasteiger charge is 2.17. The molecule has 1 unspecified atom stereocenters. The van der Waals surface area contributed by atoms with Crippen molar-refractivity contribution in [2.45, 2.75) is 25.4 Å². The third-order valence-corrected chi connectivity index (χ3v) is 2.89. The number of amides is 1. The Kier molecular flexibility index (Phi) is 3.43. The largest absolute Gasteiger partial charge is 0.453 e. The minimum Gasteiger partial charge on any atom is -0.453 e. The first-order valence-corrected chi connectivity index (χ1v) is 5.77. The van der Waals surface area contributed by atoms with Crippen LogP contribution in [0.1, 0.15) is 18.6 Å². The molecule has 1 saturated heterocycles. The van der Waals surface area contributed by atoms with Crippen LogP contribution in [0, 0.1) is 0 Å². The molecule has 1 atom stereocenters. The Morgan fingerprint density at radius 1 is 1.60 bits per heavy atom. The molecule has 1 aromatic rings. The van der Waals surface area contributed by atoms with Crippen molar-refractivity contribution in [2.24, 2.45) is 0 Å². The molecule has 15 heavy (non-hydrogen) atoms. The molecule has 0 radical (unpaired) electrons. The number of furan rings is 1. The molecule has 0 aliphatic carbocycles. The second kappa shape index (κ2) is 4.81. The van der Waals surface area contributed by atoms with Gasteiger partial charge in [-0.1, -0.05) is 0 Å². The SMILES string of the molecule is O=C1CCC(NCc2ccc(Br)o2)CN1. The molecule has 82 valence electrons. The summed E-state index contributed by atoms with van der Waals surface area (Å²) >= 11 is 3.25. The summed E-state index contributed by atoms with van der Waals surface area (Å²) in [5.41, 5.74) is 0. The number of carbonyl (C=O) groups is 1. The molecule has 0 spiro atoms. The third-order valence-electron chi connectivity index (χ3n) is 2.46. The quantitative estimate of drug-likeness (QED) is 0.875. The fourth-order valence-electron chi connectivity index (χ4n) is 1.60. The van der Waals surface area contributed by atoms with Gasteiger partial charge in [0.1, 0.15) is 5.76 Å².